The zero-order chi connectivity index (χ0) is 17.3. The highest BCUT2D eigenvalue weighted by molar-refractivity contribution is 9.10. The summed E-state index contributed by atoms with van der Waals surface area (Å²) in [4.78, 5) is 10.8. The number of anilines is 1. The van der Waals surface area contributed by atoms with Gasteiger partial charge < -0.3 is 9.64 Å². The van der Waals surface area contributed by atoms with E-state index >= 15 is 0 Å². The summed E-state index contributed by atoms with van der Waals surface area (Å²) < 4.78 is 8.26. The van der Waals surface area contributed by atoms with Gasteiger partial charge in [0, 0.05) is 20.6 Å². The maximum atomic E-state index is 5.77. The average Bonchev–Trinajstić information content (AvgIpc) is 2.82. The molecule has 0 aliphatic rings. The Labute approximate surface area is 149 Å². The van der Waals surface area contributed by atoms with Crippen LogP contribution in [0.15, 0.2) is 35.2 Å². The molecule has 3 aromatic rings. The minimum atomic E-state index is 0.158. The number of ether oxygens (including phenoxy) is 1. The van der Waals surface area contributed by atoms with Crippen LogP contribution in [0.5, 0.6) is 5.75 Å². The largest absolute Gasteiger partial charge is 0.491 e. The molecule has 24 heavy (non-hydrogen) atoms. The summed E-state index contributed by atoms with van der Waals surface area (Å²) in [5, 5.41) is 5.29. The number of aryl methyl sites for hydroxylation is 1. The van der Waals surface area contributed by atoms with Crippen LogP contribution in [0.4, 0.5) is 5.82 Å². The fourth-order valence-corrected chi connectivity index (χ4v) is 3.25. The van der Waals surface area contributed by atoms with E-state index in [-0.39, 0.29) is 6.10 Å². The van der Waals surface area contributed by atoms with E-state index in [1.165, 1.54) is 0 Å². The van der Waals surface area contributed by atoms with Crippen molar-refractivity contribution in [3.05, 3.63) is 40.8 Å². The van der Waals surface area contributed by atoms with Gasteiger partial charge in [0.05, 0.1) is 11.5 Å². The number of rotatable bonds is 5. The Morgan fingerprint density at radius 2 is 2.08 bits per heavy atom. The van der Waals surface area contributed by atoms with Crippen molar-refractivity contribution in [2.75, 3.05) is 11.9 Å². The third-order valence-corrected chi connectivity index (χ3v) is 4.16. The number of aromatic nitrogens is 4. The molecule has 3 rings (SSSR count). The second-order valence-corrected chi connectivity index (χ2v) is 6.73. The van der Waals surface area contributed by atoms with E-state index in [2.05, 4.69) is 48.0 Å². The zero-order valence-corrected chi connectivity index (χ0v) is 15.8. The number of hydrogen-bond acceptors (Lipinski definition) is 5. The van der Waals surface area contributed by atoms with Crippen molar-refractivity contribution in [1.29, 1.82) is 0 Å². The van der Waals surface area contributed by atoms with E-state index in [1.807, 2.05) is 40.1 Å². The van der Waals surface area contributed by atoms with Gasteiger partial charge in [-0.15, -0.1) is 0 Å². The molecule has 0 atom stereocenters. The number of fused-ring (bicyclic) bond motifs is 1. The summed E-state index contributed by atoms with van der Waals surface area (Å²) in [7, 11) is 3.88. The van der Waals surface area contributed by atoms with E-state index in [4.69, 9.17) is 4.74 Å². The van der Waals surface area contributed by atoms with Crippen LogP contribution in [0.25, 0.3) is 11.0 Å². The van der Waals surface area contributed by atoms with Crippen LogP contribution in [0.3, 0.4) is 0 Å². The molecule has 0 spiro atoms. The molecular formula is C17H20BrN5O. The minimum Gasteiger partial charge on any atom is -0.491 e. The zero-order valence-electron chi connectivity index (χ0n) is 14.2. The van der Waals surface area contributed by atoms with E-state index in [0.29, 0.717) is 6.54 Å². The average molecular weight is 390 g/mol. The fourth-order valence-electron chi connectivity index (χ4n) is 2.65. The van der Waals surface area contributed by atoms with Gasteiger partial charge in [-0.3, -0.25) is 0 Å². The van der Waals surface area contributed by atoms with Crippen LogP contribution in [0.2, 0.25) is 0 Å². The van der Waals surface area contributed by atoms with Crippen molar-refractivity contribution in [2.24, 2.45) is 7.05 Å². The number of benzene rings is 1. The van der Waals surface area contributed by atoms with Gasteiger partial charge >= 0.3 is 0 Å². The van der Waals surface area contributed by atoms with Crippen LogP contribution in [0.1, 0.15) is 19.4 Å². The maximum Gasteiger partial charge on any atom is 0.164 e. The summed E-state index contributed by atoms with van der Waals surface area (Å²) in [5.74, 6) is 1.72. The monoisotopic (exact) mass is 389 g/mol. The molecule has 0 N–H and O–H groups in total. The van der Waals surface area contributed by atoms with Crippen LogP contribution in [0, 0.1) is 0 Å². The smallest absolute Gasteiger partial charge is 0.164 e. The van der Waals surface area contributed by atoms with Crippen molar-refractivity contribution < 1.29 is 4.74 Å². The van der Waals surface area contributed by atoms with Gasteiger partial charge in [-0.2, -0.15) is 5.10 Å². The van der Waals surface area contributed by atoms with Gasteiger partial charge in [0.15, 0.2) is 5.65 Å². The van der Waals surface area contributed by atoms with Crippen molar-refractivity contribution in [3.63, 3.8) is 0 Å². The molecule has 126 valence electrons. The molecule has 0 saturated heterocycles. The number of nitrogens with zero attached hydrogens (tertiary/aromatic N) is 5. The van der Waals surface area contributed by atoms with Gasteiger partial charge in [-0.1, -0.05) is 12.1 Å². The lowest BCUT2D eigenvalue weighted by atomic mass is 10.2. The van der Waals surface area contributed by atoms with Gasteiger partial charge in [-0.05, 0) is 47.5 Å². The summed E-state index contributed by atoms with van der Waals surface area (Å²) in [6, 6.07) is 8.13. The van der Waals surface area contributed by atoms with Gasteiger partial charge in [-0.25, -0.2) is 14.6 Å². The molecule has 0 bridgehead atoms. The van der Waals surface area contributed by atoms with Gasteiger partial charge in [0.1, 0.15) is 22.5 Å². The molecule has 0 fully saturated rings. The molecule has 0 saturated carbocycles. The lowest BCUT2D eigenvalue weighted by Crippen LogP contribution is -2.18. The lowest BCUT2D eigenvalue weighted by Gasteiger charge is -2.19. The van der Waals surface area contributed by atoms with E-state index in [1.54, 1.807) is 11.0 Å². The first-order valence-electron chi connectivity index (χ1n) is 7.75. The van der Waals surface area contributed by atoms with Crippen molar-refractivity contribution in [3.8, 4) is 5.75 Å². The van der Waals surface area contributed by atoms with Crippen molar-refractivity contribution in [1.82, 2.24) is 19.7 Å². The van der Waals surface area contributed by atoms with Crippen LogP contribution < -0.4 is 9.64 Å². The molecular weight excluding hydrogens is 370 g/mol. The Balaban J connectivity index is 1.89. The normalized spacial score (nSPS) is 11.2. The first-order chi connectivity index (χ1) is 11.5. The third-order valence-electron chi connectivity index (χ3n) is 3.61. The maximum absolute atomic E-state index is 5.77. The fraction of sp³-hybridized carbons (Fsp3) is 0.353. The molecule has 0 unspecified atom stereocenters. The number of halogens is 1. The first-order valence-corrected chi connectivity index (χ1v) is 8.55. The molecule has 6 nitrogen and oxygen atoms in total. The topological polar surface area (TPSA) is 56.1 Å². The SMILES string of the molecule is CC(C)Oc1cccc(CN(C)c2ncnc3c2c(Br)nn3C)c1. The Hall–Kier alpha value is -2.15. The van der Waals surface area contributed by atoms with Crippen LogP contribution >= 0.6 is 15.9 Å². The minimum absolute atomic E-state index is 0.158. The van der Waals surface area contributed by atoms with Crippen LogP contribution in [-0.4, -0.2) is 32.9 Å². The Morgan fingerprint density at radius 3 is 2.83 bits per heavy atom. The van der Waals surface area contributed by atoms with Gasteiger partial charge in [0.25, 0.3) is 0 Å². The molecule has 2 heterocycles. The molecule has 7 heteroatoms. The molecule has 1 aromatic carbocycles. The van der Waals surface area contributed by atoms with Crippen molar-refractivity contribution in [2.45, 2.75) is 26.5 Å². The molecule has 0 amide bonds. The molecule has 0 radical (unpaired) electrons. The Morgan fingerprint density at radius 1 is 1.29 bits per heavy atom. The van der Waals surface area contributed by atoms with Crippen molar-refractivity contribution >= 4 is 32.8 Å². The summed E-state index contributed by atoms with van der Waals surface area (Å²) >= 11 is 3.50. The summed E-state index contributed by atoms with van der Waals surface area (Å²) in [5.41, 5.74) is 1.96. The number of hydrogen-bond donors (Lipinski definition) is 0. The van der Waals surface area contributed by atoms with Gasteiger partial charge in [0.2, 0.25) is 0 Å². The predicted molar refractivity (Wildman–Crippen MR) is 98.3 cm³/mol. The molecule has 0 aliphatic carbocycles. The standard InChI is InChI=1S/C17H20BrN5O/c1-11(2)24-13-7-5-6-12(8-13)9-22(3)16-14-15(18)21-23(4)17(14)20-10-19-16/h5-8,10-11H,9H2,1-4H3. The Bertz CT molecular complexity index is 861. The summed E-state index contributed by atoms with van der Waals surface area (Å²) in [6.07, 6.45) is 1.73. The predicted octanol–water partition coefficient (Wildman–Crippen LogP) is 3.55. The van der Waals surface area contributed by atoms with Crippen LogP contribution in [-0.2, 0) is 13.6 Å². The van der Waals surface area contributed by atoms with E-state index < -0.39 is 0 Å². The lowest BCUT2D eigenvalue weighted by molar-refractivity contribution is 0.242. The second kappa shape index (κ2) is 6.76. The highest BCUT2D eigenvalue weighted by Gasteiger charge is 2.16. The second-order valence-electron chi connectivity index (χ2n) is 5.98. The molecule has 0 aliphatic heterocycles. The van der Waals surface area contributed by atoms with E-state index in [9.17, 15) is 0 Å². The first kappa shape index (κ1) is 16.7. The van der Waals surface area contributed by atoms with E-state index in [0.717, 1.165) is 32.8 Å². The highest BCUT2D eigenvalue weighted by Crippen LogP contribution is 2.29. The third kappa shape index (κ3) is 3.36. The quantitative estimate of drug-likeness (QED) is 0.667. The molecule has 2 aromatic heterocycles. The highest BCUT2D eigenvalue weighted by atomic mass is 79.9. The Kier molecular flexibility index (Phi) is 4.71. The summed E-state index contributed by atoms with van der Waals surface area (Å²) in [6.45, 7) is 4.76.